The van der Waals surface area contributed by atoms with Gasteiger partial charge in [0.05, 0.1) is 7.11 Å². The Morgan fingerprint density at radius 2 is 1.69 bits per heavy atom. The molecule has 0 saturated carbocycles. The number of ether oxygens (including phenoxy) is 2. The monoisotopic (exact) mass is 349 g/mol. The fourth-order valence-electron chi connectivity index (χ4n) is 2.23. The zero-order chi connectivity index (χ0) is 19.1. The van der Waals surface area contributed by atoms with E-state index in [0.717, 1.165) is 5.56 Å². The number of nitriles is 1. The van der Waals surface area contributed by atoms with Crippen LogP contribution in [-0.4, -0.2) is 25.0 Å². The maximum absolute atomic E-state index is 12.4. The number of carbonyl (C=O) groups excluding carboxylic acids is 2. The van der Waals surface area contributed by atoms with Gasteiger partial charge in [-0.3, -0.25) is 4.79 Å². The molecule has 0 bridgehead atoms. The average Bonchev–Trinajstić information content (AvgIpc) is 2.66. The van der Waals surface area contributed by atoms with Gasteiger partial charge in [-0.2, -0.15) is 5.26 Å². The summed E-state index contributed by atoms with van der Waals surface area (Å²) in [5, 5.41) is 9.22. The molecule has 0 aliphatic rings. The zero-order valence-corrected chi connectivity index (χ0v) is 14.9. The smallest absolute Gasteiger partial charge is 0.349 e. The normalized spacial score (nSPS) is 12.0. The molecule has 1 atom stereocenters. The molecule has 0 saturated heterocycles. The highest BCUT2D eigenvalue weighted by Gasteiger charge is 2.21. The molecular formula is C21H19NO4. The molecule has 0 unspecified atom stereocenters. The quantitative estimate of drug-likeness (QED) is 0.344. The highest BCUT2D eigenvalue weighted by atomic mass is 16.5. The Kier molecular flexibility index (Phi) is 6.29. The molecule has 2 rings (SSSR count). The summed E-state index contributed by atoms with van der Waals surface area (Å²) in [5.41, 5.74) is 2.01. The summed E-state index contributed by atoms with van der Waals surface area (Å²) < 4.78 is 10.2. The van der Waals surface area contributed by atoms with Crippen LogP contribution >= 0.6 is 0 Å². The Hall–Kier alpha value is -3.39. The summed E-state index contributed by atoms with van der Waals surface area (Å²) >= 11 is 0. The predicted molar refractivity (Wildman–Crippen MR) is 97.6 cm³/mol. The van der Waals surface area contributed by atoms with Crippen molar-refractivity contribution in [3.05, 3.63) is 70.8 Å². The number of hydrogen-bond donors (Lipinski definition) is 0. The number of hydrogen-bond acceptors (Lipinski definition) is 5. The van der Waals surface area contributed by atoms with Gasteiger partial charge in [-0.05, 0) is 49.8 Å². The number of carbonyl (C=O) groups is 2. The van der Waals surface area contributed by atoms with Gasteiger partial charge in [0.1, 0.15) is 17.4 Å². The van der Waals surface area contributed by atoms with E-state index >= 15 is 0 Å². The minimum atomic E-state index is -1.01. The molecule has 5 heteroatoms. The molecule has 0 aromatic heterocycles. The van der Waals surface area contributed by atoms with E-state index in [0.29, 0.717) is 16.9 Å². The van der Waals surface area contributed by atoms with Crippen molar-refractivity contribution in [3.8, 4) is 11.8 Å². The molecule has 5 nitrogen and oxygen atoms in total. The highest BCUT2D eigenvalue weighted by Crippen LogP contribution is 2.15. The second-order valence-electron chi connectivity index (χ2n) is 5.72. The molecule has 2 aromatic carbocycles. The van der Waals surface area contributed by atoms with Gasteiger partial charge in [-0.15, -0.1) is 0 Å². The summed E-state index contributed by atoms with van der Waals surface area (Å²) in [7, 11) is 1.53. The lowest BCUT2D eigenvalue weighted by molar-refractivity contribution is -0.141. The first-order chi connectivity index (χ1) is 12.4. The van der Waals surface area contributed by atoms with Crippen LogP contribution in [0.5, 0.6) is 5.75 Å². The maximum atomic E-state index is 12.4. The van der Waals surface area contributed by atoms with Gasteiger partial charge in [0.2, 0.25) is 5.78 Å². The Balaban J connectivity index is 2.09. The van der Waals surface area contributed by atoms with Crippen LogP contribution in [0, 0.1) is 18.3 Å². The van der Waals surface area contributed by atoms with E-state index in [9.17, 15) is 14.9 Å². The summed E-state index contributed by atoms with van der Waals surface area (Å²) in [6.45, 7) is 3.42. The van der Waals surface area contributed by atoms with E-state index in [2.05, 4.69) is 0 Å². The standard InChI is InChI=1S/C21H19NO4/c1-14-4-6-16(7-5-14)12-18(13-22)21(24)26-15(2)20(23)17-8-10-19(25-3)11-9-17/h4-12,15H,1-3H3/b18-12+/t15-/m0/s1. The minimum absolute atomic E-state index is 0.164. The van der Waals surface area contributed by atoms with E-state index in [1.54, 1.807) is 36.4 Å². The number of aryl methyl sites for hydroxylation is 1. The molecule has 0 spiro atoms. The maximum Gasteiger partial charge on any atom is 0.349 e. The van der Waals surface area contributed by atoms with Crippen molar-refractivity contribution in [3.63, 3.8) is 0 Å². The van der Waals surface area contributed by atoms with Crippen LogP contribution < -0.4 is 4.74 Å². The van der Waals surface area contributed by atoms with Crippen LogP contribution in [0.3, 0.4) is 0 Å². The van der Waals surface area contributed by atoms with Crippen LogP contribution in [0.2, 0.25) is 0 Å². The molecular weight excluding hydrogens is 330 g/mol. The lowest BCUT2D eigenvalue weighted by Crippen LogP contribution is -2.25. The average molecular weight is 349 g/mol. The summed E-state index contributed by atoms with van der Waals surface area (Å²) in [6, 6.07) is 15.7. The van der Waals surface area contributed by atoms with Gasteiger partial charge in [-0.25, -0.2) is 4.79 Å². The van der Waals surface area contributed by atoms with Crippen molar-refractivity contribution in [1.29, 1.82) is 5.26 Å². The first kappa shape index (κ1) is 18.9. The van der Waals surface area contributed by atoms with Gasteiger partial charge in [-0.1, -0.05) is 29.8 Å². The molecule has 0 N–H and O–H groups in total. The van der Waals surface area contributed by atoms with Crippen molar-refractivity contribution in [2.45, 2.75) is 20.0 Å². The number of methoxy groups -OCH3 is 1. The predicted octanol–water partition coefficient (Wildman–Crippen LogP) is 3.73. The van der Waals surface area contributed by atoms with Gasteiger partial charge in [0, 0.05) is 5.56 Å². The van der Waals surface area contributed by atoms with Crippen molar-refractivity contribution >= 4 is 17.8 Å². The third kappa shape index (κ3) is 4.81. The van der Waals surface area contributed by atoms with E-state index in [1.165, 1.54) is 20.1 Å². The summed E-state index contributed by atoms with van der Waals surface area (Å²) in [6.07, 6.45) is 0.428. The molecule has 0 fully saturated rings. The lowest BCUT2D eigenvalue weighted by atomic mass is 10.1. The minimum Gasteiger partial charge on any atom is -0.497 e. The van der Waals surface area contributed by atoms with Crippen LogP contribution in [0.15, 0.2) is 54.1 Å². The van der Waals surface area contributed by atoms with Crippen LogP contribution in [0.4, 0.5) is 0 Å². The number of benzene rings is 2. The molecule has 0 aliphatic carbocycles. The highest BCUT2D eigenvalue weighted by molar-refractivity contribution is 6.03. The van der Waals surface area contributed by atoms with Crippen LogP contribution in [0.25, 0.3) is 6.08 Å². The Bertz CT molecular complexity index is 858. The fraction of sp³-hybridized carbons (Fsp3) is 0.190. The Morgan fingerprint density at radius 1 is 1.08 bits per heavy atom. The molecule has 2 aromatic rings. The number of Topliss-reactive ketones (excluding diaryl/α,β-unsaturated/α-hetero) is 1. The third-order valence-corrected chi connectivity index (χ3v) is 3.76. The number of ketones is 1. The first-order valence-corrected chi connectivity index (χ1v) is 8.02. The van der Waals surface area contributed by atoms with Crippen LogP contribution in [0.1, 0.15) is 28.4 Å². The number of nitrogens with zero attached hydrogens (tertiary/aromatic N) is 1. The summed E-state index contributed by atoms with van der Waals surface area (Å²) in [5.74, 6) is -0.560. The lowest BCUT2D eigenvalue weighted by Gasteiger charge is -2.12. The van der Waals surface area contributed by atoms with Gasteiger partial charge in [0.25, 0.3) is 0 Å². The SMILES string of the molecule is COc1ccc(C(=O)[C@H](C)OC(=O)/C(C#N)=C/c2ccc(C)cc2)cc1. The second kappa shape index (κ2) is 8.63. The van der Waals surface area contributed by atoms with Gasteiger partial charge < -0.3 is 9.47 Å². The Morgan fingerprint density at radius 3 is 2.23 bits per heavy atom. The molecule has 0 heterocycles. The van der Waals surface area contributed by atoms with E-state index in [4.69, 9.17) is 9.47 Å². The molecule has 0 aliphatic heterocycles. The van der Waals surface area contributed by atoms with E-state index in [-0.39, 0.29) is 11.4 Å². The molecule has 26 heavy (non-hydrogen) atoms. The van der Waals surface area contributed by atoms with Crippen molar-refractivity contribution in [2.24, 2.45) is 0 Å². The number of rotatable bonds is 6. The summed E-state index contributed by atoms with van der Waals surface area (Å²) in [4.78, 5) is 24.6. The third-order valence-electron chi connectivity index (χ3n) is 3.76. The van der Waals surface area contributed by atoms with Gasteiger partial charge >= 0.3 is 5.97 Å². The largest absolute Gasteiger partial charge is 0.497 e. The molecule has 0 amide bonds. The van der Waals surface area contributed by atoms with Crippen molar-refractivity contribution < 1.29 is 19.1 Å². The first-order valence-electron chi connectivity index (χ1n) is 8.02. The zero-order valence-electron chi connectivity index (χ0n) is 14.9. The second-order valence-corrected chi connectivity index (χ2v) is 5.72. The van der Waals surface area contributed by atoms with Crippen molar-refractivity contribution in [1.82, 2.24) is 0 Å². The van der Waals surface area contributed by atoms with E-state index < -0.39 is 12.1 Å². The number of esters is 1. The molecule has 132 valence electrons. The van der Waals surface area contributed by atoms with Gasteiger partial charge in [0.15, 0.2) is 6.10 Å². The topological polar surface area (TPSA) is 76.4 Å². The Labute approximate surface area is 152 Å². The van der Waals surface area contributed by atoms with Crippen molar-refractivity contribution in [2.75, 3.05) is 7.11 Å². The van der Waals surface area contributed by atoms with E-state index in [1.807, 2.05) is 25.1 Å². The molecule has 0 radical (unpaired) electrons. The van der Waals surface area contributed by atoms with Crippen LogP contribution in [-0.2, 0) is 9.53 Å². The fourth-order valence-corrected chi connectivity index (χ4v) is 2.23.